The van der Waals surface area contributed by atoms with Gasteiger partial charge >= 0.3 is 11.9 Å². The van der Waals surface area contributed by atoms with Crippen LogP contribution in [0.5, 0.6) is 0 Å². The second-order valence-electron chi connectivity index (χ2n) is 10.1. The normalized spacial score (nSPS) is 24.1. The number of rotatable bonds is 13. The minimum Gasteiger partial charge on any atom is -0.481 e. The van der Waals surface area contributed by atoms with Crippen LogP contribution in [0.25, 0.3) is 0 Å². The first kappa shape index (κ1) is 28.5. The number of thioether (sulfide) groups is 1. The third-order valence-corrected chi connectivity index (χ3v) is 8.49. The van der Waals surface area contributed by atoms with Crippen molar-refractivity contribution in [3.63, 3.8) is 0 Å². The van der Waals surface area contributed by atoms with Gasteiger partial charge in [-0.15, -0.1) is 11.8 Å². The summed E-state index contributed by atoms with van der Waals surface area (Å²) >= 11 is 1.99. The van der Waals surface area contributed by atoms with E-state index in [0.717, 1.165) is 32.1 Å². The summed E-state index contributed by atoms with van der Waals surface area (Å²) in [5, 5.41) is 34.6. The Morgan fingerprint density at radius 3 is 2.53 bits per heavy atom. The Bertz CT molecular complexity index is 883. The summed E-state index contributed by atoms with van der Waals surface area (Å²) in [6, 6.07) is -0.851. The van der Waals surface area contributed by atoms with Crippen molar-refractivity contribution in [3.05, 3.63) is 34.4 Å². The summed E-state index contributed by atoms with van der Waals surface area (Å²) < 4.78 is 0. The molecule has 0 saturated heterocycles. The van der Waals surface area contributed by atoms with Crippen molar-refractivity contribution < 1.29 is 29.7 Å². The lowest BCUT2D eigenvalue weighted by molar-refractivity contribution is -0.138. The van der Waals surface area contributed by atoms with Crippen LogP contribution in [0.4, 0.5) is 0 Å². The van der Waals surface area contributed by atoms with Gasteiger partial charge in [-0.25, -0.2) is 0 Å². The molecule has 3 aliphatic rings. The summed E-state index contributed by atoms with van der Waals surface area (Å²) in [4.78, 5) is 36.7. The van der Waals surface area contributed by atoms with Crippen molar-refractivity contribution in [3.8, 4) is 0 Å². The number of hydrogen-bond donors (Lipinski definition) is 5. The molecule has 36 heavy (non-hydrogen) atoms. The molecule has 0 saturated carbocycles. The Balaban J connectivity index is 1.48. The van der Waals surface area contributed by atoms with Crippen LogP contribution in [0.2, 0.25) is 0 Å². The van der Waals surface area contributed by atoms with Crippen LogP contribution in [0, 0.1) is 11.8 Å². The average Bonchev–Trinajstić information content (AvgIpc) is 3.26. The highest BCUT2D eigenvalue weighted by Crippen LogP contribution is 2.39. The smallest absolute Gasteiger partial charge is 0.303 e. The molecule has 0 bridgehead atoms. The fourth-order valence-electron chi connectivity index (χ4n) is 5.28. The lowest BCUT2D eigenvalue weighted by atomic mass is 9.89. The van der Waals surface area contributed by atoms with Gasteiger partial charge in [0.2, 0.25) is 5.91 Å². The number of amides is 1. The van der Waals surface area contributed by atoms with E-state index in [1.165, 1.54) is 24.2 Å². The molecule has 200 valence electrons. The van der Waals surface area contributed by atoms with Crippen LogP contribution >= 0.6 is 11.8 Å². The number of aliphatic hydroxyl groups is 1. The number of carbonyl (C=O) groups excluding carboxylic acids is 1. The third kappa shape index (κ3) is 9.75. The molecule has 8 nitrogen and oxygen atoms in total. The number of aliphatic hydroxyl groups excluding tert-OH is 1. The predicted octanol–water partition coefficient (Wildman–Crippen LogP) is 4.32. The summed E-state index contributed by atoms with van der Waals surface area (Å²) in [6.45, 7) is 0. The molecule has 0 spiro atoms. The molecule has 4 unspecified atom stereocenters. The van der Waals surface area contributed by atoms with E-state index in [1.54, 1.807) is 4.91 Å². The van der Waals surface area contributed by atoms with E-state index in [1.807, 2.05) is 17.8 Å². The Labute approximate surface area is 217 Å². The average molecular weight is 521 g/mol. The minimum atomic E-state index is -1.00. The maximum atomic E-state index is 12.9. The maximum Gasteiger partial charge on any atom is 0.303 e. The Kier molecular flexibility index (Phi) is 11.5. The standard InChI is InChI=1S/C27H40N2O6S/c30-24(13-10-18-4-1-6-20(11-9-18)23-8-3-15-36-23)29-22(12-14-25(31)32)27(35)28-21-7-2-5-19(16-21)17-26(33)34/h4,7-8,19-20,22,24,29-30H,1-3,5-6,9-17H2,(H,28,35)(H,31,32)(H,33,34). The highest BCUT2D eigenvalue weighted by Gasteiger charge is 2.26. The highest BCUT2D eigenvalue weighted by molar-refractivity contribution is 8.03. The van der Waals surface area contributed by atoms with Gasteiger partial charge in [0.05, 0.1) is 6.04 Å². The Morgan fingerprint density at radius 2 is 1.81 bits per heavy atom. The van der Waals surface area contributed by atoms with Crippen molar-refractivity contribution in [2.75, 3.05) is 5.75 Å². The molecule has 1 amide bonds. The topological polar surface area (TPSA) is 136 Å². The number of carboxylic acid groups (broad SMARTS) is 2. The second-order valence-corrected chi connectivity index (χ2v) is 11.3. The quantitative estimate of drug-likeness (QED) is 0.179. The molecule has 1 aliphatic heterocycles. The number of carbonyl (C=O) groups is 3. The van der Waals surface area contributed by atoms with Crippen LogP contribution in [-0.4, -0.2) is 51.2 Å². The van der Waals surface area contributed by atoms with E-state index in [2.05, 4.69) is 22.8 Å². The molecule has 0 aromatic carbocycles. The van der Waals surface area contributed by atoms with Crippen molar-refractivity contribution in [2.45, 2.75) is 95.7 Å². The predicted molar refractivity (Wildman–Crippen MR) is 140 cm³/mol. The summed E-state index contributed by atoms with van der Waals surface area (Å²) in [7, 11) is 0. The summed E-state index contributed by atoms with van der Waals surface area (Å²) in [5.41, 5.74) is 2.01. The van der Waals surface area contributed by atoms with Crippen molar-refractivity contribution in [2.24, 2.45) is 11.8 Å². The lowest BCUT2D eigenvalue weighted by Gasteiger charge is -2.25. The zero-order valence-corrected chi connectivity index (χ0v) is 21.7. The summed E-state index contributed by atoms with van der Waals surface area (Å²) in [5.74, 6) is -0.448. The van der Waals surface area contributed by atoms with Crippen LogP contribution in [-0.2, 0) is 14.4 Å². The van der Waals surface area contributed by atoms with E-state index in [-0.39, 0.29) is 25.2 Å². The number of nitrogens with one attached hydrogen (secondary N) is 2. The number of aliphatic carboxylic acids is 2. The van der Waals surface area contributed by atoms with Crippen molar-refractivity contribution >= 4 is 29.6 Å². The molecule has 3 rings (SSSR count). The molecule has 9 heteroatoms. The van der Waals surface area contributed by atoms with Gasteiger partial charge in [0.25, 0.3) is 0 Å². The molecule has 0 fully saturated rings. The SMILES string of the molecule is O=C(O)CCC(NC(O)CCC1=CCCC(C2=CCCS2)CC1)C(=O)NC1=CCCC(CC(=O)O)C1. The molecular formula is C27H40N2O6S. The fourth-order valence-corrected chi connectivity index (χ4v) is 6.46. The molecule has 0 radical (unpaired) electrons. The minimum absolute atomic E-state index is 0.0326. The maximum absolute atomic E-state index is 12.9. The van der Waals surface area contributed by atoms with Crippen LogP contribution in [0.1, 0.15) is 83.5 Å². The molecule has 5 N–H and O–H groups in total. The third-order valence-electron chi connectivity index (χ3n) is 7.21. The van der Waals surface area contributed by atoms with Gasteiger partial charge in [-0.05, 0) is 87.4 Å². The number of hydrogen-bond acceptors (Lipinski definition) is 6. The van der Waals surface area contributed by atoms with Crippen LogP contribution in [0.3, 0.4) is 0 Å². The van der Waals surface area contributed by atoms with E-state index in [4.69, 9.17) is 10.2 Å². The van der Waals surface area contributed by atoms with E-state index in [0.29, 0.717) is 30.9 Å². The molecule has 1 heterocycles. The van der Waals surface area contributed by atoms with Gasteiger partial charge in [-0.3, -0.25) is 19.7 Å². The number of allylic oxidation sites excluding steroid dienone is 6. The zero-order chi connectivity index (χ0) is 25.9. The van der Waals surface area contributed by atoms with Crippen molar-refractivity contribution in [1.82, 2.24) is 10.6 Å². The zero-order valence-electron chi connectivity index (χ0n) is 20.9. The van der Waals surface area contributed by atoms with E-state index in [9.17, 15) is 19.5 Å². The first-order valence-corrected chi connectivity index (χ1v) is 14.2. The first-order valence-electron chi connectivity index (χ1n) is 13.2. The van der Waals surface area contributed by atoms with E-state index < -0.39 is 30.1 Å². The van der Waals surface area contributed by atoms with Crippen molar-refractivity contribution in [1.29, 1.82) is 0 Å². The van der Waals surface area contributed by atoms with Gasteiger partial charge in [0.1, 0.15) is 6.23 Å². The van der Waals surface area contributed by atoms with Gasteiger partial charge in [0.15, 0.2) is 0 Å². The van der Waals surface area contributed by atoms with Crippen LogP contribution in [0.15, 0.2) is 34.4 Å². The van der Waals surface area contributed by atoms with Gasteiger partial charge < -0.3 is 20.6 Å². The van der Waals surface area contributed by atoms with Crippen LogP contribution < -0.4 is 10.6 Å². The first-order chi connectivity index (χ1) is 17.3. The van der Waals surface area contributed by atoms with E-state index >= 15 is 0 Å². The number of carboxylic acids is 2. The lowest BCUT2D eigenvalue weighted by Crippen LogP contribution is -2.48. The molecule has 0 aromatic rings. The Morgan fingerprint density at radius 1 is 1.00 bits per heavy atom. The second kappa shape index (κ2) is 14.6. The monoisotopic (exact) mass is 520 g/mol. The van der Waals surface area contributed by atoms with Gasteiger partial charge in [-0.1, -0.05) is 23.8 Å². The van der Waals surface area contributed by atoms with Gasteiger partial charge in [0, 0.05) is 24.3 Å². The highest BCUT2D eigenvalue weighted by atomic mass is 32.2. The van der Waals surface area contributed by atoms with Gasteiger partial charge in [-0.2, -0.15) is 0 Å². The molecule has 0 aromatic heterocycles. The Hall–Kier alpha value is -2.10. The largest absolute Gasteiger partial charge is 0.481 e. The summed E-state index contributed by atoms with van der Waals surface area (Å²) in [6.07, 6.45) is 14.2. The fraction of sp³-hybridized carbons (Fsp3) is 0.667. The molecule has 2 aliphatic carbocycles. The molecule has 4 atom stereocenters. The molecular weight excluding hydrogens is 480 g/mol.